The van der Waals surface area contributed by atoms with Gasteiger partial charge in [-0.3, -0.25) is 0 Å². The maximum absolute atomic E-state index is 5.66. The topological polar surface area (TPSA) is 9.23 Å². The van der Waals surface area contributed by atoms with Crippen LogP contribution in [0.25, 0.3) is 0 Å². The Kier molecular flexibility index (Phi) is 9.96. The molecule has 0 saturated heterocycles. The molecule has 2 rings (SSSR count). The summed E-state index contributed by atoms with van der Waals surface area (Å²) in [4.78, 5) is 0. The summed E-state index contributed by atoms with van der Waals surface area (Å²) in [6.07, 6.45) is 16.7. The van der Waals surface area contributed by atoms with Crippen LogP contribution in [0.5, 0.6) is 0 Å². The van der Waals surface area contributed by atoms with Crippen molar-refractivity contribution in [2.45, 2.75) is 83.5 Å². The molecule has 140 valence electrons. The minimum absolute atomic E-state index is 0.695. The van der Waals surface area contributed by atoms with Crippen molar-refractivity contribution in [2.24, 2.45) is 5.92 Å². The lowest BCUT2D eigenvalue weighted by molar-refractivity contribution is 0.102. The first-order chi connectivity index (χ1) is 12.3. The third-order valence-electron chi connectivity index (χ3n) is 5.73. The van der Waals surface area contributed by atoms with Gasteiger partial charge in [0.05, 0.1) is 6.61 Å². The third-order valence-corrected chi connectivity index (χ3v) is 5.73. The summed E-state index contributed by atoms with van der Waals surface area (Å²) in [5.74, 6) is 1.52. The van der Waals surface area contributed by atoms with Gasteiger partial charge in [0.1, 0.15) is 0 Å². The van der Waals surface area contributed by atoms with Gasteiger partial charge in [-0.15, -0.1) is 6.58 Å². The van der Waals surface area contributed by atoms with Crippen molar-refractivity contribution < 1.29 is 4.74 Å². The van der Waals surface area contributed by atoms with Crippen molar-refractivity contribution in [3.63, 3.8) is 0 Å². The number of hydrogen-bond donors (Lipinski definition) is 0. The van der Waals surface area contributed by atoms with Crippen LogP contribution in [0.1, 0.15) is 88.2 Å². The van der Waals surface area contributed by atoms with E-state index in [1.165, 1.54) is 70.6 Å². The fourth-order valence-corrected chi connectivity index (χ4v) is 4.21. The first-order valence-electron chi connectivity index (χ1n) is 10.6. The van der Waals surface area contributed by atoms with Crippen molar-refractivity contribution in [3.05, 3.63) is 48.0 Å². The minimum Gasteiger partial charge on any atom is -0.377 e. The Morgan fingerprint density at radius 2 is 1.72 bits per heavy atom. The second-order valence-corrected chi connectivity index (χ2v) is 7.76. The molecule has 25 heavy (non-hydrogen) atoms. The molecule has 0 atom stereocenters. The molecule has 1 fully saturated rings. The highest BCUT2D eigenvalue weighted by Crippen LogP contribution is 2.37. The first-order valence-corrected chi connectivity index (χ1v) is 10.6. The molecule has 0 aromatic heterocycles. The molecule has 1 aliphatic rings. The number of hydrogen-bond acceptors (Lipinski definition) is 1. The molecule has 1 nitrogen and oxygen atoms in total. The molecule has 0 spiro atoms. The van der Waals surface area contributed by atoms with E-state index < -0.39 is 0 Å². The van der Waals surface area contributed by atoms with Crippen molar-refractivity contribution in [1.82, 2.24) is 0 Å². The summed E-state index contributed by atoms with van der Waals surface area (Å²) in [7, 11) is 0. The Morgan fingerprint density at radius 1 is 1.00 bits per heavy atom. The SMILES string of the molecule is C=CCOCC1CCC(c2ccccc2CCCCCCCC)CC1. The Hall–Kier alpha value is -1.08. The summed E-state index contributed by atoms with van der Waals surface area (Å²) < 4.78 is 5.66. The lowest BCUT2D eigenvalue weighted by Crippen LogP contribution is -2.18. The zero-order valence-corrected chi connectivity index (χ0v) is 16.3. The van der Waals surface area contributed by atoms with E-state index in [0.29, 0.717) is 6.61 Å². The second-order valence-electron chi connectivity index (χ2n) is 7.76. The minimum atomic E-state index is 0.695. The molecule has 1 aromatic carbocycles. The lowest BCUT2D eigenvalue weighted by Gasteiger charge is -2.30. The molecule has 0 heterocycles. The normalized spacial score (nSPS) is 20.5. The van der Waals surface area contributed by atoms with Crippen LogP contribution in [0.15, 0.2) is 36.9 Å². The highest BCUT2D eigenvalue weighted by Gasteiger charge is 2.23. The van der Waals surface area contributed by atoms with Crippen molar-refractivity contribution >= 4 is 0 Å². The van der Waals surface area contributed by atoms with Crippen molar-refractivity contribution in [1.29, 1.82) is 0 Å². The van der Waals surface area contributed by atoms with E-state index in [9.17, 15) is 0 Å². The maximum Gasteiger partial charge on any atom is 0.0644 e. The highest BCUT2D eigenvalue weighted by atomic mass is 16.5. The first kappa shape index (κ1) is 20.2. The quantitative estimate of drug-likeness (QED) is 0.292. The molecule has 1 aromatic rings. The smallest absolute Gasteiger partial charge is 0.0644 e. The summed E-state index contributed by atoms with van der Waals surface area (Å²) in [6.45, 7) is 7.62. The fourth-order valence-electron chi connectivity index (χ4n) is 4.21. The molecular formula is C24H38O. The van der Waals surface area contributed by atoms with Crippen LogP contribution in [-0.4, -0.2) is 13.2 Å². The molecule has 1 saturated carbocycles. The number of aryl methyl sites for hydroxylation is 1. The van der Waals surface area contributed by atoms with E-state index in [1.807, 2.05) is 6.08 Å². The number of unbranched alkanes of at least 4 members (excludes halogenated alkanes) is 5. The van der Waals surface area contributed by atoms with Gasteiger partial charge >= 0.3 is 0 Å². The van der Waals surface area contributed by atoms with Crippen LogP contribution in [0.2, 0.25) is 0 Å². The monoisotopic (exact) mass is 342 g/mol. The van der Waals surface area contributed by atoms with E-state index in [0.717, 1.165) is 18.4 Å². The number of rotatable bonds is 12. The Balaban J connectivity index is 1.77. The second kappa shape index (κ2) is 12.3. The molecule has 0 aliphatic heterocycles. The van der Waals surface area contributed by atoms with Crippen LogP contribution in [0.4, 0.5) is 0 Å². The molecule has 0 bridgehead atoms. The molecule has 0 amide bonds. The van der Waals surface area contributed by atoms with Gasteiger partial charge in [0.2, 0.25) is 0 Å². The van der Waals surface area contributed by atoms with Crippen LogP contribution in [0.3, 0.4) is 0 Å². The third kappa shape index (κ3) is 7.36. The molecule has 1 heteroatoms. The predicted octanol–water partition coefficient (Wildman–Crippen LogP) is 7.07. The van der Waals surface area contributed by atoms with Gasteiger partial charge < -0.3 is 4.74 Å². The van der Waals surface area contributed by atoms with Gasteiger partial charge in [-0.25, -0.2) is 0 Å². The van der Waals surface area contributed by atoms with Crippen LogP contribution in [-0.2, 0) is 11.2 Å². The molecule has 0 N–H and O–H groups in total. The van der Waals surface area contributed by atoms with E-state index in [-0.39, 0.29) is 0 Å². The highest BCUT2D eigenvalue weighted by molar-refractivity contribution is 5.31. The molecular weight excluding hydrogens is 304 g/mol. The molecule has 0 unspecified atom stereocenters. The fraction of sp³-hybridized carbons (Fsp3) is 0.667. The molecule has 0 radical (unpaired) electrons. The van der Waals surface area contributed by atoms with E-state index >= 15 is 0 Å². The summed E-state index contributed by atoms with van der Waals surface area (Å²) in [5.41, 5.74) is 3.26. The molecule has 1 aliphatic carbocycles. The number of benzene rings is 1. The Morgan fingerprint density at radius 3 is 2.48 bits per heavy atom. The zero-order valence-electron chi connectivity index (χ0n) is 16.3. The lowest BCUT2D eigenvalue weighted by atomic mass is 9.77. The van der Waals surface area contributed by atoms with Gasteiger partial charge in [-0.05, 0) is 61.5 Å². The standard InChI is InChI=1S/C24H38O/c1-3-5-6-7-8-9-12-22-13-10-11-14-24(22)23-17-15-21(16-18-23)20-25-19-4-2/h4,10-11,13-14,21,23H,2-3,5-9,12,15-20H2,1H3. The average Bonchev–Trinajstić information content (AvgIpc) is 2.66. The van der Waals surface area contributed by atoms with E-state index in [1.54, 1.807) is 11.1 Å². The maximum atomic E-state index is 5.66. The van der Waals surface area contributed by atoms with Crippen LogP contribution >= 0.6 is 0 Å². The van der Waals surface area contributed by atoms with Gasteiger partial charge in [-0.2, -0.15) is 0 Å². The Labute approximate surface area is 155 Å². The van der Waals surface area contributed by atoms with Gasteiger partial charge in [-0.1, -0.05) is 69.4 Å². The summed E-state index contributed by atoms with van der Waals surface area (Å²) >= 11 is 0. The number of ether oxygens (including phenoxy) is 1. The van der Waals surface area contributed by atoms with Gasteiger partial charge in [0.15, 0.2) is 0 Å². The largest absolute Gasteiger partial charge is 0.377 e. The summed E-state index contributed by atoms with van der Waals surface area (Å²) in [6, 6.07) is 9.23. The van der Waals surface area contributed by atoms with Gasteiger partial charge in [0.25, 0.3) is 0 Å². The zero-order chi connectivity index (χ0) is 17.7. The van der Waals surface area contributed by atoms with E-state index in [2.05, 4.69) is 37.8 Å². The summed E-state index contributed by atoms with van der Waals surface area (Å²) in [5, 5.41) is 0. The van der Waals surface area contributed by atoms with Crippen molar-refractivity contribution in [3.8, 4) is 0 Å². The van der Waals surface area contributed by atoms with Crippen molar-refractivity contribution in [2.75, 3.05) is 13.2 Å². The Bertz CT molecular complexity index is 471. The van der Waals surface area contributed by atoms with Gasteiger partial charge in [0, 0.05) is 6.61 Å². The average molecular weight is 343 g/mol. The van der Waals surface area contributed by atoms with Crippen LogP contribution in [0, 0.1) is 5.92 Å². The van der Waals surface area contributed by atoms with Crippen LogP contribution < -0.4 is 0 Å². The predicted molar refractivity (Wildman–Crippen MR) is 109 cm³/mol. The van der Waals surface area contributed by atoms with E-state index in [4.69, 9.17) is 4.74 Å².